The van der Waals surface area contributed by atoms with Crippen LogP contribution in [0.2, 0.25) is 0 Å². The van der Waals surface area contributed by atoms with Crippen molar-refractivity contribution in [3.63, 3.8) is 0 Å². The van der Waals surface area contributed by atoms with Crippen molar-refractivity contribution >= 4 is 12.0 Å². The molecule has 0 radical (unpaired) electrons. The van der Waals surface area contributed by atoms with Crippen molar-refractivity contribution in [1.82, 2.24) is 0 Å². The van der Waals surface area contributed by atoms with Crippen LogP contribution in [0.25, 0.3) is 5.76 Å². The Morgan fingerprint density at radius 2 is 2.00 bits per heavy atom. The van der Waals surface area contributed by atoms with E-state index in [1.807, 2.05) is 18.2 Å². The maximum absolute atomic E-state index is 14.3. The van der Waals surface area contributed by atoms with Crippen LogP contribution < -0.4 is 0 Å². The van der Waals surface area contributed by atoms with Crippen molar-refractivity contribution in [2.75, 3.05) is 0 Å². The Kier molecular flexibility index (Phi) is 3.86. The van der Waals surface area contributed by atoms with Gasteiger partial charge in [0.2, 0.25) is 0 Å². The van der Waals surface area contributed by atoms with E-state index in [1.165, 1.54) is 19.3 Å². The first-order valence-electron chi connectivity index (χ1n) is 7.40. The summed E-state index contributed by atoms with van der Waals surface area (Å²) < 4.78 is 19.8. The van der Waals surface area contributed by atoms with Gasteiger partial charge < -0.3 is 4.74 Å². The number of hydrogen-bond acceptors (Lipinski definition) is 2. The minimum atomic E-state index is -0.411. The molecule has 3 heteroatoms. The van der Waals surface area contributed by atoms with E-state index < -0.39 is 6.10 Å². The molecular weight excluding hydrogens is 255 g/mol. The van der Waals surface area contributed by atoms with Crippen molar-refractivity contribution in [1.29, 1.82) is 0 Å². The van der Waals surface area contributed by atoms with Crippen LogP contribution in [0.15, 0.2) is 24.3 Å². The third-order valence-electron chi connectivity index (χ3n) is 4.30. The molecule has 3 rings (SSSR count). The van der Waals surface area contributed by atoms with Gasteiger partial charge in [0.15, 0.2) is 12.4 Å². The molecule has 1 heterocycles. The summed E-state index contributed by atoms with van der Waals surface area (Å²) in [4.78, 5) is 10.7. The average molecular weight is 274 g/mol. The highest BCUT2D eigenvalue weighted by Crippen LogP contribution is 2.35. The van der Waals surface area contributed by atoms with Crippen LogP contribution in [0, 0.1) is 5.82 Å². The molecule has 1 atom stereocenters. The summed E-state index contributed by atoms with van der Waals surface area (Å²) >= 11 is 0. The maximum atomic E-state index is 14.3. The number of carbonyl (C=O) groups excluding carboxylic acids is 1. The van der Waals surface area contributed by atoms with E-state index in [-0.39, 0.29) is 5.82 Å². The number of halogens is 1. The Labute approximate surface area is 118 Å². The lowest BCUT2D eigenvalue weighted by molar-refractivity contribution is -0.113. The minimum Gasteiger partial charge on any atom is -0.482 e. The quantitative estimate of drug-likeness (QED) is 0.772. The van der Waals surface area contributed by atoms with Gasteiger partial charge in [0, 0.05) is 12.0 Å². The van der Waals surface area contributed by atoms with Gasteiger partial charge in [-0.2, -0.15) is 0 Å². The summed E-state index contributed by atoms with van der Waals surface area (Å²) in [6, 6.07) is 5.34. The highest BCUT2D eigenvalue weighted by atomic mass is 19.1. The van der Waals surface area contributed by atoms with E-state index in [9.17, 15) is 9.18 Å². The highest BCUT2D eigenvalue weighted by Gasteiger charge is 2.22. The molecule has 1 aliphatic heterocycles. The Balaban J connectivity index is 1.79. The van der Waals surface area contributed by atoms with Gasteiger partial charge in [-0.05, 0) is 36.5 Å². The van der Waals surface area contributed by atoms with Crippen LogP contribution in [0.1, 0.15) is 55.6 Å². The summed E-state index contributed by atoms with van der Waals surface area (Å²) in [6.45, 7) is 0. The van der Waals surface area contributed by atoms with Gasteiger partial charge in [0.05, 0.1) is 0 Å². The van der Waals surface area contributed by atoms with E-state index in [4.69, 9.17) is 4.74 Å². The fraction of sp³-hybridized carbons (Fsp3) is 0.471. The lowest BCUT2D eigenvalue weighted by Gasteiger charge is -2.22. The Morgan fingerprint density at radius 1 is 1.20 bits per heavy atom. The smallest absolute Gasteiger partial charge is 0.160 e. The standard InChI is InChI=1S/C17H19FO2/c18-16-10-13(17-9-7-14(11-19)20-17)6-8-15(16)12-4-2-1-3-5-12/h6,8-12,14H,1-5,7H2. The number of rotatable bonds is 3. The summed E-state index contributed by atoms with van der Waals surface area (Å²) in [6.07, 6.45) is 8.64. The molecule has 1 aromatic rings. The zero-order valence-electron chi connectivity index (χ0n) is 11.5. The van der Waals surface area contributed by atoms with Crippen molar-refractivity contribution in [2.45, 2.75) is 50.5 Å². The number of ether oxygens (including phenoxy) is 1. The molecule has 0 amide bonds. The number of aldehydes is 1. The van der Waals surface area contributed by atoms with E-state index in [2.05, 4.69) is 0 Å². The van der Waals surface area contributed by atoms with E-state index in [0.717, 1.165) is 30.3 Å². The van der Waals surface area contributed by atoms with Crippen LogP contribution in [0.3, 0.4) is 0 Å². The van der Waals surface area contributed by atoms with Crippen molar-refractivity contribution in [2.24, 2.45) is 0 Å². The molecule has 0 aromatic heterocycles. The SMILES string of the molecule is O=CC1CC=C(c2ccc(C3CCCCC3)c(F)c2)O1. The summed E-state index contributed by atoms with van der Waals surface area (Å²) in [5.41, 5.74) is 1.56. The zero-order valence-corrected chi connectivity index (χ0v) is 11.5. The Morgan fingerprint density at radius 3 is 2.65 bits per heavy atom. The van der Waals surface area contributed by atoms with Crippen LogP contribution in [0.5, 0.6) is 0 Å². The third kappa shape index (κ3) is 2.62. The predicted octanol–water partition coefficient (Wildman–Crippen LogP) is 4.20. The molecule has 0 spiro atoms. The van der Waals surface area contributed by atoms with Gasteiger partial charge >= 0.3 is 0 Å². The van der Waals surface area contributed by atoms with Gasteiger partial charge in [-0.3, -0.25) is 4.79 Å². The first kappa shape index (κ1) is 13.3. The van der Waals surface area contributed by atoms with Crippen LogP contribution in [-0.4, -0.2) is 12.4 Å². The topological polar surface area (TPSA) is 26.3 Å². The van der Waals surface area contributed by atoms with Gasteiger partial charge in [-0.1, -0.05) is 31.4 Å². The molecule has 20 heavy (non-hydrogen) atoms. The van der Waals surface area contributed by atoms with Gasteiger partial charge in [-0.15, -0.1) is 0 Å². The predicted molar refractivity (Wildman–Crippen MR) is 75.8 cm³/mol. The monoisotopic (exact) mass is 274 g/mol. The minimum absolute atomic E-state index is 0.145. The molecule has 1 fully saturated rings. The van der Waals surface area contributed by atoms with E-state index >= 15 is 0 Å². The second-order valence-corrected chi connectivity index (χ2v) is 5.67. The number of benzene rings is 1. The van der Waals surface area contributed by atoms with Crippen molar-refractivity contribution in [3.8, 4) is 0 Å². The molecule has 2 nitrogen and oxygen atoms in total. The molecule has 0 saturated heterocycles. The fourth-order valence-corrected chi connectivity index (χ4v) is 3.18. The second kappa shape index (κ2) is 5.78. The zero-order chi connectivity index (χ0) is 13.9. The second-order valence-electron chi connectivity index (χ2n) is 5.67. The largest absolute Gasteiger partial charge is 0.482 e. The van der Waals surface area contributed by atoms with Gasteiger partial charge in [0.1, 0.15) is 11.6 Å². The highest BCUT2D eigenvalue weighted by molar-refractivity contribution is 5.68. The van der Waals surface area contributed by atoms with Gasteiger partial charge in [0.25, 0.3) is 0 Å². The van der Waals surface area contributed by atoms with Crippen LogP contribution in [0.4, 0.5) is 4.39 Å². The third-order valence-corrected chi connectivity index (χ3v) is 4.30. The molecule has 0 N–H and O–H groups in total. The lowest BCUT2D eigenvalue weighted by Crippen LogP contribution is -2.08. The number of hydrogen-bond donors (Lipinski definition) is 0. The number of carbonyl (C=O) groups is 1. The summed E-state index contributed by atoms with van der Waals surface area (Å²) in [5, 5.41) is 0. The normalized spacial score (nSPS) is 23.2. The molecule has 1 saturated carbocycles. The van der Waals surface area contributed by atoms with E-state index in [1.54, 1.807) is 6.07 Å². The summed E-state index contributed by atoms with van der Waals surface area (Å²) in [5.74, 6) is 0.837. The average Bonchev–Trinajstić information content (AvgIpc) is 2.97. The first-order chi connectivity index (χ1) is 9.78. The van der Waals surface area contributed by atoms with Crippen LogP contribution in [-0.2, 0) is 9.53 Å². The Bertz CT molecular complexity index is 530. The fourth-order valence-electron chi connectivity index (χ4n) is 3.18. The molecule has 1 aliphatic carbocycles. The molecule has 0 bridgehead atoms. The molecule has 1 unspecified atom stereocenters. The lowest BCUT2D eigenvalue weighted by atomic mass is 9.83. The molecule has 2 aliphatic rings. The molecular formula is C17H19FO2. The first-order valence-corrected chi connectivity index (χ1v) is 7.40. The maximum Gasteiger partial charge on any atom is 0.160 e. The van der Waals surface area contributed by atoms with Gasteiger partial charge in [-0.25, -0.2) is 4.39 Å². The van der Waals surface area contributed by atoms with Crippen molar-refractivity contribution in [3.05, 3.63) is 41.2 Å². The van der Waals surface area contributed by atoms with Crippen molar-refractivity contribution < 1.29 is 13.9 Å². The molecule has 106 valence electrons. The van der Waals surface area contributed by atoms with Crippen LogP contribution >= 0.6 is 0 Å². The van der Waals surface area contributed by atoms with E-state index in [0.29, 0.717) is 18.1 Å². The summed E-state index contributed by atoms with van der Waals surface area (Å²) in [7, 11) is 0. The Hall–Kier alpha value is -1.64. The molecule has 1 aromatic carbocycles.